The van der Waals surface area contributed by atoms with Crippen molar-refractivity contribution in [1.29, 1.82) is 0 Å². The number of hydrogen-bond donors (Lipinski definition) is 2. The standard InChI is InChI=1S/C13H10N4O3/c1-17-3-2-7(5-10(17)18)11-15-9-4-8(13(19)20)6-14-12(9)16-11/h2-6H,1H3,(H,19,20)(H,14,15,16). The molecule has 7 nitrogen and oxygen atoms in total. The Morgan fingerprint density at radius 2 is 2.20 bits per heavy atom. The van der Waals surface area contributed by atoms with E-state index < -0.39 is 5.97 Å². The van der Waals surface area contributed by atoms with Crippen LogP contribution in [0.1, 0.15) is 10.4 Å². The smallest absolute Gasteiger partial charge is 0.337 e. The van der Waals surface area contributed by atoms with Crippen molar-refractivity contribution in [3.8, 4) is 11.4 Å². The minimum absolute atomic E-state index is 0.0803. The second-order valence-electron chi connectivity index (χ2n) is 4.35. The SMILES string of the molecule is Cn1ccc(-c2nc3ncc(C(=O)O)cc3[nH]2)cc1=O. The summed E-state index contributed by atoms with van der Waals surface area (Å²) in [6.45, 7) is 0. The fourth-order valence-electron chi connectivity index (χ4n) is 1.85. The number of carboxylic acids is 1. The first-order chi connectivity index (χ1) is 9.54. The highest BCUT2D eigenvalue weighted by Crippen LogP contribution is 2.18. The van der Waals surface area contributed by atoms with E-state index in [0.29, 0.717) is 22.6 Å². The van der Waals surface area contributed by atoms with E-state index in [2.05, 4.69) is 15.0 Å². The molecule has 0 aliphatic carbocycles. The molecule has 3 heterocycles. The second kappa shape index (κ2) is 4.30. The Morgan fingerprint density at radius 3 is 2.90 bits per heavy atom. The molecule has 0 fully saturated rings. The van der Waals surface area contributed by atoms with E-state index in [1.54, 1.807) is 19.3 Å². The number of aromatic nitrogens is 4. The summed E-state index contributed by atoms with van der Waals surface area (Å²) in [6.07, 6.45) is 2.89. The number of nitrogens with one attached hydrogen (secondary N) is 1. The lowest BCUT2D eigenvalue weighted by atomic mass is 10.2. The van der Waals surface area contributed by atoms with Crippen molar-refractivity contribution in [2.45, 2.75) is 0 Å². The third kappa shape index (κ3) is 1.95. The van der Waals surface area contributed by atoms with Crippen LogP contribution in [0.4, 0.5) is 0 Å². The molecule has 3 aromatic rings. The Hall–Kier alpha value is -2.96. The number of hydrogen-bond acceptors (Lipinski definition) is 4. The van der Waals surface area contributed by atoms with Gasteiger partial charge in [-0.25, -0.2) is 14.8 Å². The van der Waals surface area contributed by atoms with Crippen LogP contribution in [0.5, 0.6) is 0 Å². The van der Waals surface area contributed by atoms with Gasteiger partial charge in [-0.3, -0.25) is 4.79 Å². The minimum Gasteiger partial charge on any atom is -0.478 e. The highest BCUT2D eigenvalue weighted by Gasteiger charge is 2.10. The van der Waals surface area contributed by atoms with Gasteiger partial charge in [0.05, 0.1) is 11.1 Å². The molecule has 3 rings (SSSR count). The fourth-order valence-corrected chi connectivity index (χ4v) is 1.85. The summed E-state index contributed by atoms with van der Waals surface area (Å²) < 4.78 is 1.45. The number of carboxylic acid groups (broad SMARTS) is 1. The maximum Gasteiger partial charge on any atom is 0.337 e. The van der Waals surface area contributed by atoms with Crippen molar-refractivity contribution in [2.24, 2.45) is 7.05 Å². The summed E-state index contributed by atoms with van der Waals surface area (Å²) in [7, 11) is 1.66. The molecule has 20 heavy (non-hydrogen) atoms. The number of aromatic carboxylic acids is 1. The van der Waals surface area contributed by atoms with E-state index in [4.69, 9.17) is 5.11 Å². The molecule has 0 spiro atoms. The number of aromatic amines is 1. The Morgan fingerprint density at radius 1 is 1.40 bits per heavy atom. The number of rotatable bonds is 2. The lowest BCUT2D eigenvalue weighted by Crippen LogP contribution is -2.14. The molecule has 0 aromatic carbocycles. The average Bonchev–Trinajstić information content (AvgIpc) is 2.84. The van der Waals surface area contributed by atoms with Gasteiger partial charge < -0.3 is 14.7 Å². The Labute approximate surface area is 112 Å². The summed E-state index contributed by atoms with van der Waals surface area (Å²) in [6, 6.07) is 4.66. The monoisotopic (exact) mass is 270 g/mol. The Kier molecular flexibility index (Phi) is 2.60. The lowest BCUT2D eigenvalue weighted by Gasteiger charge is -1.98. The molecule has 0 aliphatic heterocycles. The summed E-state index contributed by atoms with van der Waals surface area (Å²) in [5.41, 5.74) is 1.48. The van der Waals surface area contributed by atoms with Crippen LogP contribution in [0, 0.1) is 0 Å². The molecule has 100 valence electrons. The first-order valence-corrected chi connectivity index (χ1v) is 5.81. The van der Waals surface area contributed by atoms with Crippen molar-refractivity contribution in [2.75, 3.05) is 0 Å². The summed E-state index contributed by atoms with van der Waals surface area (Å²) in [4.78, 5) is 33.7. The van der Waals surface area contributed by atoms with Gasteiger partial charge in [0.2, 0.25) is 0 Å². The zero-order valence-electron chi connectivity index (χ0n) is 10.5. The second-order valence-corrected chi connectivity index (χ2v) is 4.35. The molecular formula is C13H10N4O3. The van der Waals surface area contributed by atoms with Gasteiger partial charge in [0.25, 0.3) is 5.56 Å². The zero-order valence-corrected chi connectivity index (χ0v) is 10.5. The number of carbonyl (C=O) groups is 1. The van der Waals surface area contributed by atoms with Gasteiger partial charge in [-0.1, -0.05) is 0 Å². The maximum atomic E-state index is 11.6. The van der Waals surface area contributed by atoms with Crippen LogP contribution in [0.3, 0.4) is 0 Å². The molecule has 0 saturated heterocycles. The zero-order chi connectivity index (χ0) is 14.3. The van der Waals surface area contributed by atoms with Crippen molar-refractivity contribution < 1.29 is 9.90 Å². The normalized spacial score (nSPS) is 10.8. The Balaban J connectivity index is 2.15. The number of aryl methyl sites for hydroxylation is 1. The van der Waals surface area contributed by atoms with E-state index in [1.165, 1.54) is 22.9 Å². The molecule has 0 radical (unpaired) electrons. The summed E-state index contributed by atoms with van der Waals surface area (Å²) >= 11 is 0. The van der Waals surface area contributed by atoms with E-state index in [1.807, 2.05) is 0 Å². The topological polar surface area (TPSA) is 101 Å². The first-order valence-electron chi connectivity index (χ1n) is 5.81. The van der Waals surface area contributed by atoms with E-state index in [-0.39, 0.29) is 11.1 Å². The molecule has 2 N–H and O–H groups in total. The van der Waals surface area contributed by atoms with Crippen LogP contribution in [-0.2, 0) is 7.05 Å². The van der Waals surface area contributed by atoms with Crippen LogP contribution in [0.25, 0.3) is 22.6 Å². The average molecular weight is 270 g/mol. The Bertz CT molecular complexity index is 879. The number of pyridine rings is 2. The van der Waals surface area contributed by atoms with Gasteiger partial charge in [0.15, 0.2) is 5.65 Å². The van der Waals surface area contributed by atoms with E-state index in [0.717, 1.165) is 0 Å². The third-order valence-corrected chi connectivity index (χ3v) is 2.96. The van der Waals surface area contributed by atoms with Crippen LogP contribution >= 0.6 is 0 Å². The number of imidazole rings is 1. The predicted molar refractivity (Wildman–Crippen MR) is 71.5 cm³/mol. The van der Waals surface area contributed by atoms with E-state index >= 15 is 0 Å². The largest absolute Gasteiger partial charge is 0.478 e. The highest BCUT2D eigenvalue weighted by atomic mass is 16.4. The van der Waals surface area contributed by atoms with Crippen LogP contribution < -0.4 is 5.56 Å². The minimum atomic E-state index is -1.05. The molecule has 0 bridgehead atoms. The van der Waals surface area contributed by atoms with Crippen molar-refractivity contribution >= 4 is 17.1 Å². The number of fused-ring (bicyclic) bond motifs is 1. The highest BCUT2D eigenvalue weighted by molar-refractivity contribution is 5.91. The van der Waals surface area contributed by atoms with Gasteiger partial charge in [-0.15, -0.1) is 0 Å². The van der Waals surface area contributed by atoms with E-state index in [9.17, 15) is 9.59 Å². The molecule has 0 saturated carbocycles. The molecule has 0 atom stereocenters. The van der Waals surface area contributed by atoms with Crippen molar-refractivity contribution in [3.05, 3.63) is 46.5 Å². The predicted octanol–water partition coefficient (Wildman–Crippen LogP) is 1.02. The molecular weight excluding hydrogens is 260 g/mol. The van der Waals surface area contributed by atoms with Crippen LogP contribution in [0.2, 0.25) is 0 Å². The fraction of sp³-hybridized carbons (Fsp3) is 0.0769. The molecule has 0 aliphatic rings. The van der Waals surface area contributed by atoms with Gasteiger partial charge in [-0.2, -0.15) is 0 Å². The maximum absolute atomic E-state index is 11.6. The van der Waals surface area contributed by atoms with Gasteiger partial charge in [-0.05, 0) is 12.1 Å². The molecule has 7 heteroatoms. The van der Waals surface area contributed by atoms with Gasteiger partial charge >= 0.3 is 5.97 Å². The van der Waals surface area contributed by atoms with Crippen LogP contribution in [0.15, 0.2) is 35.4 Å². The van der Waals surface area contributed by atoms with Crippen molar-refractivity contribution in [1.82, 2.24) is 19.5 Å². The summed E-state index contributed by atoms with van der Waals surface area (Å²) in [5, 5.41) is 8.92. The number of H-pyrrole nitrogens is 1. The number of nitrogens with zero attached hydrogens (tertiary/aromatic N) is 3. The summed E-state index contributed by atoms with van der Waals surface area (Å²) in [5.74, 6) is -0.572. The van der Waals surface area contributed by atoms with Crippen LogP contribution in [-0.4, -0.2) is 30.6 Å². The van der Waals surface area contributed by atoms with Gasteiger partial charge in [0.1, 0.15) is 5.82 Å². The molecule has 0 unspecified atom stereocenters. The molecule has 0 amide bonds. The first kappa shape index (κ1) is 12.1. The van der Waals surface area contributed by atoms with Crippen molar-refractivity contribution in [3.63, 3.8) is 0 Å². The molecule has 3 aromatic heterocycles. The lowest BCUT2D eigenvalue weighted by molar-refractivity contribution is 0.0696. The van der Waals surface area contributed by atoms with Gasteiger partial charge in [0, 0.05) is 31.1 Å². The quantitative estimate of drug-likeness (QED) is 0.724. The third-order valence-electron chi connectivity index (χ3n) is 2.96.